The molecule has 3 atom stereocenters. The van der Waals surface area contributed by atoms with E-state index in [4.69, 9.17) is 19.6 Å². The van der Waals surface area contributed by atoms with Crippen molar-refractivity contribution in [3.05, 3.63) is 65.4 Å². The normalized spacial score (nSPS) is 22.2. The maximum atomic E-state index is 14.1. The van der Waals surface area contributed by atoms with E-state index in [2.05, 4.69) is 25.9 Å². The monoisotopic (exact) mass is 727 g/mol. The van der Waals surface area contributed by atoms with Crippen LogP contribution >= 0.6 is 34.9 Å². The molecule has 2 saturated heterocycles. The van der Waals surface area contributed by atoms with Crippen molar-refractivity contribution < 1.29 is 43.0 Å². The number of β-lactam (4-membered cyclic amide) rings is 1. The molecule has 2 fully saturated rings. The molecule has 254 valence electrons. The van der Waals surface area contributed by atoms with Gasteiger partial charge in [0.2, 0.25) is 5.88 Å². The van der Waals surface area contributed by atoms with Gasteiger partial charge in [0, 0.05) is 28.0 Å². The lowest BCUT2D eigenvalue weighted by Crippen LogP contribution is -2.74. The van der Waals surface area contributed by atoms with Gasteiger partial charge in [-0.05, 0) is 24.3 Å². The fourth-order valence-electron chi connectivity index (χ4n) is 5.38. The van der Waals surface area contributed by atoms with E-state index in [9.17, 15) is 29.1 Å². The Kier molecular flexibility index (Phi) is 8.64. The van der Waals surface area contributed by atoms with Gasteiger partial charge in [-0.1, -0.05) is 29.2 Å². The smallest absolute Gasteiger partial charge is 0.495 e. The number of carboxylic acid groups (broad SMARTS) is 1. The van der Waals surface area contributed by atoms with Crippen molar-refractivity contribution in [1.82, 2.24) is 35.6 Å². The van der Waals surface area contributed by atoms with Gasteiger partial charge in [0.15, 0.2) is 10.0 Å². The minimum atomic E-state index is -2.29. The maximum absolute atomic E-state index is 14.1. The minimum Gasteiger partial charge on any atom is -0.495 e. The molecule has 4 aliphatic rings. The number of urea groups is 2. The first-order valence-corrected chi connectivity index (χ1v) is 17.3. The van der Waals surface area contributed by atoms with E-state index in [-0.39, 0.29) is 42.6 Å². The zero-order chi connectivity index (χ0) is 34.3. The molecule has 4 aliphatic heterocycles. The van der Waals surface area contributed by atoms with Crippen molar-refractivity contribution in [3.63, 3.8) is 0 Å². The highest BCUT2D eigenvalue weighted by atomic mass is 32.2. The van der Waals surface area contributed by atoms with Crippen LogP contribution in [-0.4, -0.2) is 108 Å². The van der Waals surface area contributed by atoms with Gasteiger partial charge in [-0.2, -0.15) is 5.10 Å². The number of carbonyl (C=O) groups excluding carboxylic acids is 4. The number of carbonyl (C=O) groups is 5. The van der Waals surface area contributed by atoms with Crippen molar-refractivity contribution in [2.24, 2.45) is 10.8 Å². The molecular weight excluding hydrogens is 703 g/mol. The number of nitrogens with zero attached hydrogens (tertiary/aromatic N) is 6. The number of benzene rings is 1. The van der Waals surface area contributed by atoms with Crippen molar-refractivity contribution in [3.8, 4) is 0 Å². The number of hydrazone groups is 1. The number of furan rings is 1. The first-order chi connectivity index (χ1) is 23.6. The lowest BCUT2D eigenvalue weighted by atomic mass is 9.96. The Morgan fingerprint density at radius 3 is 2.86 bits per heavy atom. The van der Waals surface area contributed by atoms with Crippen LogP contribution in [0.3, 0.4) is 0 Å². The van der Waals surface area contributed by atoms with Crippen LogP contribution in [-0.2, 0) is 24.7 Å². The fourth-order valence-corrected chi connectivity index (χ4v) is 8.32. The molecule has 18 nitrogen and oxygen atoms in total. The quantitative estimate of drug-likeness (QED) is 0.107. The van der Waals surface area contributed by atoms with Gasteiger partial charge in [-0.15, -0.1) is 22.0 Å². The third kappa shape index (κ3) is 6.16. The second kappa shape index (κ2) is 13.1. The van der Waals surface area contributed by atoms with Gasteiger partial charge >= 0.3 is 18.2 Å². The molecule has 1 aromatic carbocycles. The van der Waals surface area contributed by atoms with Crippen molar-refractivity contribution >= 4 is 81.6 Å². The molecule has 0 aliphatic carbocycles. The van der Waals surface area contributed by atoms with Crippen LogP contribution in [0.5, 0.6) is 0 Å². The van der Waals surface area contributed by atoms with Crippen molar-refractivity contribution in [2.45, 2.75) is 21.4 Å². The molecule has 6 amide bonds. The lowest BCUT2D eigenvalue weighted by molar-refractivity contribution is -0.150. The number of imide groups is 1. The standard InChI is InChI=1S/C28H25N9O9S3/c29-28(16-1-2-18-14(9-16)3-8-45-18,32-24(40)35-5-6-36(26(35)41)34-17-4-7-44-10-17)23(39)31-19-20(38)37-21(46-27(42)43)15(11-47-22(19)37)12-48-25-33-30-13-49-25/h1-4,7-9,13,19,22H,5-6,10-12,29H2,(H,31,39)(H,32,40)(H,42,43)/t19?,22-,28?/m0/s1. The summed E-state index contributed by atoms with van der Waals surface area (Å²) in [6.45, 7) is 0.228. The topological polar surface area (TPSA) is 235 Å². The number of nitrogens with two attached hydrogens (primary N) is 1. The van der Waals surface area contributed by atoms with E-state index in [1.807, 2.05) is 0 Å². The Hall–Kier alpha value is -5.12. The van der Waals surface area contributed by atoms with Crippen LogP contribution in [0.4, 0.5) is 14.4 Å². The van der Waals surface area contributed by atoms with Gasteiger partial charge in [0.05, 0.1) is 25.6 Å². The Labute approximate surface area is 288 Å². The van der Waals surface area contributed by atoms with Crippen LogP contribution in [0.25, 0.3) is 11.0 Å². The first kappa shape index (κ1) is 32.4. The molecule has 5 N–H and O–H groups in total. The summed E-state index contributed by atoms with van der Waals surface area (Å²) in [7, 11) is 0. The number of aromatic nitrogens is 2. The van der Waals surface area contributed by atoms with E-state index < -0.39 is 47.1 Å². The summed E-state index contributed by atoms with van der Waals surface area (Å²) in [5.41, 5.74) is 7.65. The van der Waals surface area contributed by atoms with Crippen LogP contribution in [0.15, 0.2) is 73.7 Å². The summed E-state index contributed by atoms with van der Waals surface area (Å²) in [4.78, 5) is 67.9. The van der Waals surface area contributed by atoms with E-state index >= 15 is 0 Å². The molecule has 0 saturated carbocycles. The van der Waals surface area contributed by atoms with E-state index in [1.165, 1.54) is 58.4 Å². The maximum Gasteiger partial charge on any atom is 0.512 e. The molecule has 7 rings (SSSR count). The average molecular weight is 728 g/mol. The number of ether oxygens (including phenoxy) is 2. The second-order valence-electron chi connectivity index (χ2n) is 10.8. The van der Waals surface area contributed by atoms with Gasteiger partial charge in [0.25, 0.3) is 11.8 Å². The zero-order valence-corrected chi connectivity index (χ0v) is 27.5. The highest BCUT2D eigenvalue weighted by molar-refractivity contribution is 8.01. The highest BCUT2D eigenvalue weighted by Gasteiger charge is 2.56. The van der Waals surface area contributed by atoms with Crippen LogP contribution in [0, 0.1) is 0 Å². The SMILES string of the molecule is NC(NC(=O)N1CCN(N=C2C=COC2)C1=O)(C(=O)NC1C(=O)N2C(OC(=O)O)=C(CSc3nncs3)CS[C@@H]12)c1ccc2occc2c1. The summed E-state index contributed by atoms with van der Waals surface area (Å²) < 4.78 is 16.2. The highest BCUT2D eigenvalue weighted by Crippen LogP contribution is 2.42. The largest absolute Gasteiger partial charge is 0.512 e. The number of hydrogen-bond donors (Lipinski definition) is 4. The van der Waals surface area contributed by atoms with Crippen LogP contribution < -0.4 is 16.4 Å². The molecular formula is C28H25N9O9S3. The third-order valence-electron chi connectivity index (χ3n) is 7.81. The number of nitrogens with one attached hydrogen (secondary N) is 2. The molecule has 2 unspecified atom stereocenters. The second-order valence-corrected chi connectivity index (χ2v) is 14.0. The van der Waals surface area contributed by atoms with Crippen LogP contribution in [0.1, 0.15) is 5.56 Å². The summed E-state index contributed by atoms with van der Waals surface area (Å²) >= 11 is 3.91. The summed E-state index contributed by atoms with van der Waals surface area (Å²) in [5.74, 6) is -1.16. The number of rotatable bonds is 9. The third-order valence-corrected chi connectivity index (χ3v) is 11.1. The minimum absolute atomic E-state index is 0.0440. The lowest BCUT2D eigenvalue weighted by Gasteiger charge is -2.49. The molecule has 0 spiro atoms. The Balaban J connectivity index is 1.11. The van der Waals surface area contributed by atoms with Gasteiger partial charge in [-0.3, -0.25) is 20.2 Å². The molecule has 3 aromatic rings. The molecule has 0 radical (unpaired) electrons. The molecule has 21 heteroatoms. The number of amides is 6. The molecule has 0 bridgehead atoms. The van der Waals surface area contributed by atoms with Gasteiger partial charge in [0.1, 0.15) is 34.8 Å². The molecule has 2 aromatic heterocycles. The first-order valence-electron chi connectivity index (χ1n) is 14.4. The van der Waals surface area contributed by atoms with Crippen molar-refractivity contribution in [1.29, 1.82) is 0 Å². The molecule has 49 heavy (non-hydrogen) atoms. The number of thioether (sulfide) groups is 2. The van der Waals surface area contributed by atoms with Crippen LogP contribution in [0.2, 0.25) is 0 Å². The Morgan fingerprint density at radius 2 is 2.10 bits per heavy atom. The summed E-state index contributed by atoms with van der Waals surface area (Å²) in [5, 5.41) is 27.5. The Morgan fingerprint density at radius 1 is 1.24 bits per heavy atom. The van der Waals surface area contributed by atoms with E-state index in [0.717, 1.165) is 9.91 Å². The Bertz CT molecular complexity index is 1950. The van der Waals surface area contributed by atoms with Gasteiger partial charge in [-0.25, -0.2) is 24.3 Å². The summed E-state index contributed by atoms with van der Waals surface area (Å²) in [6.07, 6.45) is 2.88. The number of fused-ring (bicyclic) bond motifs is 2. The summed E-state index contributed by atoms with van der Waals surface area (Å²) in [6, 6.07) is 3.38. The predicted octanol–water partition coefficient (Wildman–Crippen LogP) is 1.84. The van der Waals surface area contributed by atoms with Crippen molar-refractivity contribution in [2.75, 3.05) is 31.2 Å². The fraction of sp³-hybridized carbons (Fsp3) is 0.286. The predicted molar refractivity (Wildman–Crippen MR) is 174 cm³/mol. The number of hydrogen-bond acceptors (Lipinski definition) is 15. The average Bonchev–Trinajstić information content (AvgIpc) is 3.91. The van der Waals surface area contributed by atoms with E-state index in [0.29, 0.717) is 26.6 Å². The molecule has 6 heterocycles. The zero-order valence-electron chi connectivity index (χ0n) is 25.0. The van der Waals surface area contributed by atoms with E-state index in [1.54, 1.807) is 29.8 Å². The van der Waals surface area contributed by atoms with Gasteiger partial charge < -0.3 is 29.6 Å².